The van der Waals surface area contributed by atoms with Crippen LogP contribution in [0.3, 0.4) is 0 Å². The Bertz CT molecular complexity index is 807. The molecule has 0 unspecified atom stereocenters. The minimum absolute atomic E-state index is 0.0228. The Morgan fingerprint density at radius 1 is 1.34 bits per heavy atom. The summed E-state index contributed by atoms with van der Waals surface area (Å²) in [7, 11) is 1.57. The summed E-state index contributed by atoms with van der Waals surface area (Å²) in [5.41, 5.74) is -1.71. The minimum Gasteiger partial charge on any atom is -0.458 e. The third kappa shape index (κ3) is 1.91. The lowest BCUT2D eigenvalue weighted by Crippen LogP contribution is -2.56. The number of hydrogen-bond acceptors (Lipinski definition) is 6. The fourth-order valence-corrected chi connectivity index (χ4v) is 8.44. The zero-order valence-electron chi connectivity index (χ0n) is 17.6. The Hall–Kier alpha value is -1.21. The molecule has 1 heterocycles. The highest BCUT2D eigenvalue weighted by Gasteiger charge is 2.85. The first-order chi connectivity index (χ1) is 13.6. The Balaban J connectivity index is 1.70. The van der Waals surface area contributed by atoms with Crippen molar-refractivity contribution in [3.05, 3.63) is 24.3 Å². The topological polar surface area (TPSA) is 85.2 Å². The third-order valence-electron chi connectivity index (χ3n) is 9.34. The van der Waals surface area contributed by atoms with Crippen LogP contribution in [0.15, 0.2) is 24.3 Å². The molecule has 6 heteroatoms. The van der Waals surface area contributed by atoms with Crippen molar-refractivity contribution in [3.8, 4) is 0 Å². The number of methoxy groups -OCH3 is 1. The number of aliphatic hydroxyl groups is 2. The van der Waals surface area contributed by atoms with Crippen LogP contribution in [0.25, 0.3) is 0 Å². The fraction of sp³-hybridized carbons (Fsp3) is 0.783. The number of carbonyl (C=O) groups is 1. The zero-order chi connectivity index (χ0) is 21.0. The van der Waals surface area contributed by atoms with Crippen LogP contribution in [-0.4, -0.2) is 53.5 Å². The highest BCUT2D eigenvalue weighted by molar-refractivity contribution is 5.82. The molecule has 4 saturated carbocycles. The highest BCUT2D eigenvalue weighted by Crippen LogP contribution is 2.79. The van der Waals surface area contributed by atoms with E-state index in [1.165, 1.54) is 0 Å². The Labute approximate surface area is 171 Å². The van der Waals surface area contributed by atoms with Crippen LogP contribution in [0.1, 0.15) is 46.0 Å². The van der Waals surface area contributed by atoms with Crippen molar-refractivity contribution in [1.82, 2.24) is 0 Å². The molecule has 1 spiro atoms. The van der Waals surface area contributed by atoms with Crippen molar-refractivity contribution < 1.29 is 29.2 Å². The summed E-state index contributed by atoms with van der Waals surface area (Å²) in [4.78, 5) is 13.3. The summed E-state index contributed by atoms with van der Waals surface area (Å²) < 4.78 is 17.4. The smallest absolute Gasteiger partial charge is 0.315 e. The van der Waals surface area contributed by atoms with Crippen LogP contribution in [0.2, 0.25) is 0 Å². The molecule has 0 aromatic rings. The molecule has 1 aliphatic heterocycles. The second-order valence-electron chi connectivity index (χ2n) is 10.3. The first-order valence-corrected chi connectivity index (χ1v) is 10.7. The summed E-state index contributed by atoms with van der Waals surface area (Å²) in [6.07, 6.45) is 1.87. The van der Waals surface area contributed by atoms with Gasteiger partial charge < -0.3 is 24.4 Å². The predicted molar refractivity (Wildman–Crippen MR) is 105 cm³/mol. The third-order valence-corrected chi connectivity index (χ3v) is 9.34. The number of carbonyl (C=O) groups excluding carboxylic acids is 1. The van der Waals surface area contributed by atoms with Gasteiger partial charge in [-0.1, -0.05) is 18.7 Å². The molecule has 4 aliphatic carbocycles. The normalized spacial score (nSPS) is 54.9. The van der Waals surface area contributed by atoms with E-state index in [4.69, 9.17) is 14.2 Å². The molecule has 29 heavy (non-hydrogen) atoms. The molecule has 2 N–H and O–H groups in total. The first kappa shape index (κ1) is 19.7. The summed E-state index contributed by atoms with van der Waals surface area (Å²) in [5, 5.41) is 22.8. The van der Waals surface area contributed by atoms with E-state index >= 15 is 0 Å². The van der Waals surface area contributed by atoms with Crippen molar-refractivity contribution >= 4 is 5.97 Å². The summed E-state index contributed by atoms with van der Waals surface area (Å²) in [6.45, 7) is 12.5. The van der Waals surface area contributed by atoms with Crippen LogP contribution in [0.4, 0.5) is 0 Å². The lowest BCUT2D eigenvalue weighted by molar-refractivity contribution is -0.178. The van der Waals surface area contributed by atoms with E-state index in [2.05, 4.69) is 13.2 Å². The van der Waals surface area contributed by atoms with E-state index in [1.54, 1.807) is 7.11 Å². The Morgan fingerprint density at radius 2 is 2.07 bits per heavy atom. The highest BCUT2D eigenvalue weighted by atomic mass is 16.7. The van der Waals surface area contributed by atoms with E-state index in [0.717, 1.165) is 5.57 Å². The average molecular weight is 405 g/mol. The van der Waals surface area contributed by atoms with Crippen molar-refractivity contribution in [2.75, 3.05) is 13.9 Å². The molecule has 0 radical (unpaired) electrons. The lowest BCUT2D eigenvalue weighted by Gasteiger charge is -2.49. The van der Waals surface area contributed by atoms with Crippen molar-refractivity contribution in [3.63, 3.8) is 0 Å². The van der Waals surface area contributed by atoms with Crippen LogP contribution >= 0.6 is 0 Å². The van der Waals surface area contributed by atoms with Crippen molar-refractivity contribution in [2.24, 2.45) is 28.6 Å². The Morgan fingerprint density at radius 3 is 2.72 bits per heavy atom. The van der Waals surface area contributed by atoms with Gasteiger partial charge in [0.25, 0.3) is 0 Å². The van der Waals surface area contributed by atoms with E-state index in [1.807, 2.05) is 13.8 Å². The maximum atomic E-state index is 13.3. The number of hydrogen-bond donors (Lipinski definition) is 2. The molecular formula is C23H32O6. The first-order valence-electron chi connectivity index (χ1n) is 10.7. The largest absolute Gasteiger partial charge is 0.458 e. The lowest BCUT2D eigenvalue weighted by atomic mass is 9.57. The number of allylic oxidation sites excluding steroid dienone is 1. The number of rotatable bonds is 4. The predicted octanol–water partition coefficient (Wildman–Crippen LogP) is 2.34. The van der Waals surface area contributed by atoms with Gasteiger partial charge in [-0.25, -0.2) is 0 Å². The van der Waals surface area contributed by atoms with Gasteiger partial charge in [0, 0.05) is 24.4 Å². The second kappa shape index (κ2) is 5.72. The second-order valence-corrected chi connectivity index (χ2v) is 10.3. The maximum Gasteiger partial charge on any atom is 0.315 e. The molecule has 0 aromatic carbocycles. The SMILES string of the molecule is C=C(C)[C@H]1[C@H]2[C@@]3(CC[C@H](OCOC)[C@@]2(C)C(=O)O3)[C@@H]2CC[C@@]3(O)C(=C)C[C@@]12[C@@H]3O. The van der Waals surface area contributed by atoms with Gasteiger partial charge in [-0.2, -0.15) is 0 Å². The quantitative estimate of drug-likeness (QED) is 0.425. The molecule has 6 nitrogen and oxygen atoms in total. The molecule has 0 amide bonds. The van der Waals surface area contributed by atoms with Crippen LogP contribution < -0.4 is 0 Å². The van der Waals surface area contributed by atoms with E-state index in [9.17, 15) is 15.0 Å². The Kier molecular flexibility index (Phi) is 3.90. The molecule has 0 aromatic heterocycles. The van der Waals surface area contributed by atoms with Gasteiger partial charge in [0.2, 0.25) is 0 Å². The monoisotopic (exact) mass is 404 g/mol. The van der Waals surface area contributed by atoms with Gasteiger partial charge in [0.1, 0.15) is 18.0 Å². The van der Waals surface area contributed by atoms with Gasteiger partial charge in [0.05, 0.1) is 17.6 Å². The molecule has 9 atom stereocenters. The van der Waals surface area contributed by atoms with E-state index in [0.29, 0.717) is 37.7 Å². The number of esters is 1. The maximum absolute atomic E-state index is 13.3. The van der Waals surface area contributed by atoms with Crippen molar-refractivity contribution in [2.45, 2.75) is 69.4 Å². The standard InChI is InChI=1S/C23H32O6/c1-12(2)16-17-20(4)15(28-11-27-5)7-9-23(17,29-19(20)25)14-6-8-22(26)13(3)10-21(14,16)18(22)24/h14-18,24,26H,1,3,6-11H2,2,4-5H3/t14-,15+,16+,17-,18+,20-,21+,22-,23-/m1/s1. The summed E-state index contributed by atoms with van der Waals surface area (Å²) in [6, 6.07) is 0. The van der Waals surface area contributed by atoms with E-state index < -0.39 is 28.1 Å². The summed E-state index contributed by atoms with van der Waals surface area (Å²) >= 11 is 0. The molecule has 5 aliphatic rings. The molecule has 5 fully saturated rings. The molecule has 1 saturated heterocycles. The molecule has 160 valence electrons. The molecule has 5 rings (SSSR count). The van der Waals surface area contributed by atoms with Crippen LogP contribution in [0.5, 0.6) is 0 Å². The van der Waals surface area contributed by atoms with Crippen molar-refractivity contribution in [1.29, 1.82) is 0 Å². The van der Waals surface area contributed by atoms with Gasteiger partial charge in [0.15, 0.2) is 0 Å². The molecular weight excluding hydrogens is 372 g/mol. The number of fused-ring (bicyclic) bond motifs is 1. The number of ether oxygens (including phenoxy) is 3. The fourth-order valence-electron chi connectivity index (χ4n) is 8.44. The van der Waals surface area contributed by atoms with E-state index in [-0.39, 0.29) is 36.6 Å². The minimum atomic E-state index is -1.26. The van der Waals surface area contributed by atoms with Gasteiger partial charge in [-0.3, -0.25) is 4.79 Å². The van der Waals surface area contributed by atoms with Gasteiger partial charge in [-0.15, -0.1) is 0 Å². The average Bonchev–Trinajstić information content (AvgIpc) is 3.03. The zero-order valence-corrected chi connectivity index (χ0v) is 17.6. The summed E-state index contributed by atoms with van der Waals surface area (Å²) in [5.74, 6) is -0.540. The van der Waals surface area contributed by atoms with Crippen LogP contribution in [-0.2, 0) is 19.0 Å². The van der Waals surface area contributed by atoms with Gasteiger partial charge in [-0.05, 0) is 57.4 Å². The molecule has 4 bridgehead atoms. The number of aliphatic hydroxyl groups excluding tert-OH is 1. The van der Waals surface area contributed by atoms with Crippen LogP contribution in [0, 0.1) is 28.6 Å². The van der Waals surface area contributed by atoms with Gasteiger partial charge >= 0.3 is 5.97 Å².